The van der Waals surface area contributed by atoms with Gasteiger partial charge in [0.2, 0.25) is 0 Å². The second-order valence-corrected chi connectivity index (χ2v) is 5.94. The third kappa shape index (κ3) is 3.62. The summed E-state index contributed by atoms with van der Waals surface area (Å²) in [5.74, 6) is 6.05. The summed E-state index contributed by atoms with van der Waals surface area (Å²) in [4.78, 5) is 9.88. The number of rotatable bonds is 4. The molecule has 2 rings (SSSR count). The lowest BCUT2D eigenvalue weighted by Gasteiger charge is -2.07. The van der Waals surface area contributed by atoms with Gasteiger partial charge in [-0.1, -0.05) is 29.6 Å². The van der Waals surface area contributed by atoms with Crippen molar-refractivity contribution in [3.8, 4) is 0 Å². The van der Waals surface area contributed by atoms with Gasteiger partial charge in [0.15, 0.2) is 5.16 Å². The number of nitrogens with one attached hydrogen (secondary N) is 1. The molecule has 1 aromatic heterocycles. The fourth-order valence-electron chi connectivity index (χ4n) is 1.52. The SMILES string of the molecule is CSc1nc(NN)cc(Sc2ccc(C)c(C)c2)n1. The summed E-state index contributed by atoms with van der Waals surface area (Å²) < 4.78 is 0. The zero-order chi connectivity index (χ0) is 13.8. The Morgan fingerprint density at radius 1 is 1.11 bits per heavy atom. The van der Waals surface area contributed by atoms with E-state index in [2.05, 4.69) is 47.4 Å². The molecule has 3 N–H and O–H groups in total. The Labute approximate surface area is 121 Å². The highest BCUT2D eigenvalue weighted by Gasteiger charge is 2.06. The largest absolute Gasteiger partial charge is 0.308 e. The summed E-state index contributed by atoms with van der Waals surface area (Å²) in [6.07, 6.45) is 1.94. The minimum absolute atomic E-state index is 0.630. The van der Waals surface area contributed by atoms with E-state index < -0.39 is 0 Å². The maximum Gasteiger partial charge on any atom is 0.190 e. The molecule has 0 aliphatic heterocycles. The Morgan fingerprint density at radius 3 is 2.53 bits per heavy atom. The van der Waals surface area contributed by atoms with Gasteiger partial charge in [0.1, 0.15) is 10.8 Å². The summed E-state index contributed by atoms with van der Waals surface area (Å²) in [5, 5.41) is 1.59. The Balaban J connectivity index is 2.29. The van der Waals surface area contributed by atoms with Crippen molar-refractivity contribution < 1.29 is 0 Å². The van der Waals surface area contributed by atoms with Crippen molar-refractivity contribution in [1.29, 1.82) is 0 Å². The minimum Gasteiger partial charge on any atom is -0.308 e. The Morgan fingerprint density at radius 2 is 1.89 bits per heavy atom. The summed E-state index contributed by atoms with van der Waals surface area (Å²) >= 11 is 3.11. The van der Waals surface area contributed by atoms with Crippen LogP contribution < -0.4 is 11.3 Å². The van der Waals surface area contributed by atoms with Crippen LogP contribution in [0.3, 0.4) is 0 Å². The van der Waals surface area contributed by atoms with Crippen LogP contribution in [0.2, 0.25) is 0 Å². The number of hydrogen-bond acceptors (Lipinski definition) is 6. The molecule has 1 aromatic carbocycles. The van der Waals surface area contributed by atoms with Crippen molar-refractivity contribution >= 4 is 29.3 Å². The number of aryl methyl sites for hydroxylation is 2. The molecule has 2 aromatic rings. The molecule has 100 valence electrons. The fourth-order valence-corrected chi connectivity index (χ4v) is 2.87. The third-order valence-electron chi connectivity index (χ3n) is 2.71. The van der Waals surface area contributed by atoms with Gasteiger partial charge in [0.25, 0.3) is 0 Å². The molecule has 0 saturated heterocycles. The first-order chi connectivity index (χ1) is 9.12. The monoisotopic (exact) mass is 292 g/mol. The summed E-state index contributed by atoms with van der Waals surface area (Å²) in [6, 6.07) is 8.23. The minimum atomic E-state index is 0.630. The number of benzene rings is 1. The van der Waals surface area contributed by atoms with E-state index in [-0.39, 0.29) is 0 Å². The van der Waals surface area contributed by atoms with Crippen molar-refractivity contribution in [3.63, 3.8) is 0 Å². The number of nitrogens with zero attached hydrogens (tertiary/aromatic N) is 2. The maximum absolute atomic E-state index is 5.42. The van der Waals surface area contributed by atoms with Gasteiger partial charge < -0.3 is 5.43 Å². The smallest absolute Gasteiger partial charge is 0.190 e. The molecule has 0 atom stereocenters. The number of hydrogen-bond donors (Lipinski definition) is 2. The molecule has 0 unspecified atom stereocenters. The third-order valence-corrected chi connectivity index (χ3v) is 4.17. The first-order valence-corrected chi connectivity index (χ1v) is 7.81. The number of nitrogens with two attached hydrogens (primary N) is 1. The molecule has 0 radical (unpaired) electrons. The van der Waals surface area contributed by atoms with E-state index in [0.717, 1.165) is 9.92 Å². The second-order valence-electron chi connectivity index (χ2n) is 4.07. The van der Waals surface area contributed by atoms with Crippen LogP contribution in [-0.4, -0.2) is 16.2 Å². The van der Waals surface area contributed by atoms with Gasteiger partial charge in [0, 0.05) is 11.0 Å². The van der Waals surface area contributed by atoms with Crippen molar-refractivity contribution in [1.82, 2.24) is 9.97 Å². The maximum atomic E-state index is 5.42. The molecular weight excluding hydrogens is 276 g/mol. The average Bonchev–Trinajstić information content (AvgIpc) is 2.42. The number of hydrazine groups is 1. The lowest BCUT2D eigenvalue weighted by molar-refractivity contribution is 0.893. The van der Waals surface area contributed by atoms with Crippen molar-refractivity contribution in [2.45, 2.75) is 28.9 Å². The normalized spacial score (nSPS) is 10.5. The van der Waals surface area contributed by atoms with Gasteiger partial charge in [-0.2, -0.15) is 0 Å². The van der Waals surface area contributed by atoms with E-state index in [0.29, 0.717) is 11.0 Å². The molecule has 0 fully saturated rings. The quantitative estimate of drug-likeness (QED) is 0.296. The molecule has 19 heavy (non-hydrogen) atoms. The van der Waals surface area contributed by atoms with Crippen LogP contribution >= 0.6 is 23.5 Å². The first kappa shape index (κ1) is 14.2. The van der Waals surface area contributed by atoms with Crippen LogP contribution in [0.4, 0.5) is 5.82 Å². The molecule has 0 amide bonds. The van der Waals surface area contributed by atoms with Gasteiger partial charge in [-0.15, -0.1) is 0 Å². The van der Waals surface area contributed by atoms with Crippen LogP contribution in [-0.2, 0) is 0 Å². The predicted molar refractivity (Wildman–Crippen MR) is 81.7 cm³/mol. The molecule has 0 spiro atoms. The molecule has 0 aliphatic rings. The topological polar surface area (TPSA) is 63.8 Å². The molecule has 1 heterocycles. The van der Waals surface area contributed by atoms with Crippen LogP contribution in [0.1, 0.15) is 11.1 Å². The average molecular weight is 292 g/mol. The van der Waals surface area contributed by atoms with E-state index in [1.54, 1.807) is 11.8 Å². The Kier molecular flexibility index (Phi) is 4.68. The van der Waals surface area contributed by atoms with Crippen molar-refractivity contribution in [2.24, 2.45) is 5.84 Å². The predicted octanol–water partition coefficient (Wildman–Crippen LogP) is 3.25. The van der Waals surface area contributed by atoms with Crippen LogP contribution in [0.15, 0.2) is 39.3 Å². The number of nitrogen functional groups attached to an aromatic ring is 1. The molecule has 0 bridgehead atoms. The summed E-state index contributed by atoms with van der Waals surface area (Å²) in [6.45, 7) is 4.22. The molecule has 0 saturated carbocycles. The van der Waals surface area contributed by atoms with E-state index in [1.807, 2.05) is 12.3 Å². The van der Waals surface area contributed by atoms with Crippen LogP contribution in [0.5, 0.6) is 0 Å². The van der Waals surface area contributed by atoms with E-state index in [1.165, 1.54) is 22.9 Å². The van der Waals surface area contributed by atoms with Gasteiger partial charge in [0.05, 0.1) is 0 Å². The van der Waals surface area contributed by atoms with Crippen molar-refractivity contribution in [3.05, 3.63) is 35.4 Å². The fraction of sp³-hybridized carbons (Fsp3) is 0.231. The van der Waals surface area contributed by atoms with E-state index in [4.69, 9.17) is 5.84 Å². The Bertz CT molecular complexity index is 565. The van der Waals surface area contributed by atoms with Gasteiger partial charge >= 0.3 is 0 Å². The molecule has 4 nitrogen and oxygen atoms in total. The zero-order valence-electron chi connectivity index (χ0n) is 11.1. The lowest BCUT2D eigenvalue weighted by Crippen LogP contribution is -2.09. The van der Waals surface area contributed by atoms with Crippen LogP contribution in [0, 0.1) is 13.8 Å². The standard InChI is InChI=1S/C13H16N4S2/c1-8-4-5-10(6-9(8)2)19-12-7-11(17-14)15-13(16-12)18-3/h4-7H,14H2,1-3H3,(H,15,16,17). The first-order valence-electron chi connectivity index (χ1n) is 5.77. The Hall–Kier alpha value is -1.24. The van der Waals surface area contributed by atoms with Crippen molar-refractivity contribution in [2.75, 3.05) is 11.7 Å². The second kappa shape index (κ2) is 6.27. The van der Waals surface area contributed by atoms with E-state index in [9.17, 15) is 0 Å². The summed E-state index contributed by atoms with van der Waals surface area (Å²) in [5.41, 5.74) is 5.14. The zero-order valence-corrected chi connectivity index (χ0v) is 12.7. The molecule has 6 heteroatoms. The van der Waals surface area contributed by atoms with Gasteiger partial charge in [-0.05, 0) is 43.4 Å². The summed E-state index contributed by atoms with van der Waals surface area (Å²) in [7, 11) is 0. The number of anilines is 1. The van der Waals surface area contributed by atoms with Gasteiger partial charge in [-0.3, -0.25) is 0 Å². The highest BCUT2D eigenvalue weighted by Crippen LogP contribution is 2.29. The van der Waals surface area contributed by atoms with E-state index >= 15 is 0 Å². The highest BCUT2D eigenvalue weighted by atomic mass is 32.2. The van der Waals surface area contributed by atoms with Gasteiger partial charge in [-0.25, -0.2) is 15.8 Å². The molecular formula is C13H16N4S2. The molecule has 0 aliphatic carbocycles. The number of thioether (sulfide) groups is 1. The number of aromatic nitrogens is 2. The van der Waals surface area contributed by atoms with Crippen LogP contribution in [0.25, 0.3) is 0 Å². The lowest BCUT2D eigenvalue weighted by atomic mass is 10.1. The highest BCUT2D eigenvalue weighted by molar-refractivity contribution is 7.99.